The van der Waals surface area contributed by atoms with Crippen LogP contribution in [-0.2, 0) is 16.1 Å². The maximum Gasteiger partial charge on any atom is 0.263 e. The van der Waals surface area contributed by atoms with Gasteiger partial charge in [-0.15, -0.1) is 11.3 Å². The normalized spacial score (nSPS) is 13.6. The van der Waals surface area contributed by atoms with Crippen molar-refractivity contribution in [2.75, 3.05) is 16.8 Å². The molecule has 0 aliphatic carbocycles. The van der Waals surface area contributed by atoms with E-state index in [1.165, 1.54) is 22.2 Å². The Kier molecular flexibility index (Phi) is 5.70. The second-order valence-corrected chi connectivity index (χ2v) is 9.05. The molecule has 0 spiro atoms. The molecule has 3 heterocycles. The summed E-state index contributed by atoms with van der Waals surface area (Å²) in [5.41, 5.74) is 2.77. The Balaban J connectivity index is 1.34. The SMILES string of the molecule is O=C(Cn1cnc2scc(-c3ccc(Cl)cc3)c2c1=O)Nc1ccc(N2CCCC2=O)cc1. The van der Waals surface area contributed by atoms with Crippen molar-refractivity contribution >= 4 is 56.3 Å². The summed E-state index contributed by atoms with van der Waals surface area (Å²) in [4.78, 5) is 44.4. The van der Waals surface area contributed by atoms with Crippen molar-refractivity contribution < 1.29 is 9.59 Å². The van der Waals surface area contributed by atoms with E-state index in [0.29, 0.717) is 33.9 Å². The molecule has 1 fully saturated rings. The van der Waals surface area contributed by atoms with Crippen molar-refractivity contribution in [3.63, 3.8) is 0 Å². The molecule has 1 N–H and O–H groups in total. The summed E-state index contributed by atoms with van der Waals surface area (Å²) in [6.45, 7) is 0.549. The van der Waals surface area contributed by atoms with Gasteiger partial charge < -0.3 is 10.2 Å². The second-order valence-electron chi connectivity index (χ2n) is 7.76. The first-order valence-electron chi connectivity index (χ1n) is 10.4. The predicted octanol–water partition coefficient (Wildman–Crippen LogP) is 4.54. The van der Waals surface area contributed by atoms with Crippen LogP contribution in [-0.4, -0.2) is 27.9 Å². The summed E-state index contributed by atoms with van der Waals surface area (Å²) in [6.07, 6.45) is 2.82. The average molecular weight is 479 g/mol. The largest absolute Gasteiger partial charge is 0.325 e. The van der Waals surface area contributed by atoms with E-state index in [9.17, 15) is 14.4 Å². The smallest absolute Gasteiger partial charge is 0.263 e. The fourth-order valence-electron chi connectivity index (χ4n) is 3.92. The summed E-state index contributed by atoms with van der Waals surface area (Å²) >= 11 is 7.37. The summed E-state index contributed by atoms with van der Waals surface area (Å²) in [6, 6.07) is 14.4. The van der Waals surface area contributed by atoms with Crippen molar-refractivity contribution in [1.82, 2.24) is 9.55 Å². The number of rotatable bonds is 5. The standard InChI is InChI=1S/C24H19ClN4O3S/c25-16-5-3-15(4-6-16)19-13-33-23-22(19)24(32)28(14-26-23)12-20(30)27-17-7-9-18(10-8-17)29-11-1-2-21(29)31/h3-10,13-14H,1-2,11-12H2,(H,27,30). The molecule has 0 bridgehead atoms. The minimum atomic E-state index is -0.341. The van der Waals surface area contributed by atoms with Gasteiger partial charge in [0.1, 0.15) is 11.4 Å². The van der Waals surface area contributed by atoms with Crippen LogP contribution in [0.1, 0.15) is 12.8 Å². The summed E-state index contributed by atoms with van der Waals surface area (Å²) in [7, 11) is 0. The van der Waals surface area contributed by atoms with Crippen LogP contribution in [0.25, 0.3) is 21.3 Å². The topological polar surface area (TPSA) is 84.3 Å². The van der Waals surface area contributed by atoms with E-state index < -0.39 is 0 Å². The predicted molar refractivity (Wildman–Crippen MR) is 131 cm³/mol. The molecule has 7 nitrogen and oxygen atoms in total. The van der Waals surface area contributed by atoms with Gasteiger partial charge in [-0.1, -0.05) is 23.7 Å². The van der Waals surface area contributed by atoms with Crippen LogP contribution >= 0.6 is 22.9 Å². The Labute approximate surface area is 198 Å². The van der Waals surface area contributed by atoms with Gasteiger partial charge >= 0.3 is 0 Å². The molecule has 2 aromatic carbocycles. The monoisotopic (exact) mass is 478 g/mol. The number of hydrogen-bond acceptors (Lipinski definition) is 5. The van der Waals surface area contributed by atoms with Gasteiger partial charge in [0.25, 0.3) is 5.56 Å². The van der Waals surface area contributed by atoms with Crippen molar-refractivity contribution in [3.05, 3.63) is 75.6 Å². The molecular weight excluding hydrogens is 460 g/mol. The Bertz CT molecular complexity index is 1410. The maximum absolute atomic E-state index is 13.1. The third-order valence-electron chi connectivity index (χ3n) is 5.57. The first-order valence-corrected chi connectivity index (χ1v) is 11.7. The molecule has 1 saturated heterocycles. The van der Waals surface area contributed by atoms with Gasteiger partial charge in [0.05, 0.1) is 11.7 Å². The van der Waals surface area contributed by atoms with Gasteiger partial charge in [0, 0.05) is 40.3 Å². The highest BCUT2D eigenvalue weighted by molar-refractivity contribution is 7.17. The van der Waals surface area contributed by atoms with Crippen molar-refractivity contribution in [2.45, 2.75) is 19.4 Å². The van der Waals surface area contributed by atoms with E-state index in [-0.39, 0.29) is 23.9 Å². The minimum Gasteiger partial charge on any atom is -0.325 e. The van der Waals surface area contributed by atoms with Crippen LogP contribution in [0.4, 0.5) is 11.4 Å². The number of thiophene rings is 1. The number of nitrogens with one attached hydrogen (secondary N) is 1. The number of halogens is 1. The van der Waals surface area contributed by atoms with Crippen molar-refractivity contribution in [3.8, 4) is 11.1 Å². The second kappa shape index (κ2) is 8.80. The number of aromatic nitrogens is 2. The zero-order valence-corrected chi connectivity index (χ0v) is 19.0. The van der Waals surface area contributed by atoms with Crippen LogP contribution in [0, 0.1) is 0 Å². The third-order valence-corrected chi connectivity index (χ3v) is 6.70. The van der Waals surface area contributed by atoms with E-state index in [2.05, 4.69) is 10.3 Å². The molecule has 33 heavy (non-hydrogen) atoms. The van der Waals surface area contributed by atoms with E-state index >= 15 is 0 Å². The molecule has 4 aromatic rings. The number of carbonyl (C=O) groups is 2. The molecule has 0 saturated carbocycles. The quantitative estimate of drug-likeness (QED) is 0.456. The number of nitrogens with zero attached hydrogens (tertiary/aromatic N) is 3. The van der Waals surface area contributed by atoms with Gasteiger partial charge in [-0.05, 0) is 48.4 Å². The highest BCUT2D eigenvalue weighted by Gasteiger charge is 2.21. The van der Waals surface area contributed by atoms with Crippen LogP contribution in [0.3, 0.4) is 0 Å². The lowest BCUT2D eigenvalue weighted by molar-refractivity contribution is -0.117. The first-order chi connectivity index (χ1) is 16.0. The average Bonchev–Trinajstić information content (AvgIpc) is 3.43. The number of benzene rings is 2. The highest BCUT2D eigenvalue weighted by atomic mass is 35.5. The van der Waals surface area contributed by atoms with E-state index in [1.807, 2.05) is 29.6 Å². The molecule has 2 aromatic heterocycles. The van der Waals surface area contributed by atoms with Gasteiger partial charge in [0.15, 0.2) is 0 Å². The van der Waals surface area contributed by atoms with E-state index in [4.69, 9.17) is 11.6 Å². The fourth-order valence-corrected chi connectivity index (χ4v) is 4.96. The molecule has 0 radical (unpaired) electrons. The van der Waals surface area contributed by atoms with Crippen molar-refractivity contribution in [2.24, 2.45) is 0 Å². The third kappa shape index (κ3) is 4.27. The number of carbonyl (C=O) groups excluding carboxylic acids is 2. The molecule has 5 rings (SSSR count). The minimum absolute atomic E-state index is 0.112. The van der Waals surface area contributed by atoms with Gasteiger partial charge in [-0.3, -0.25) is 19.0 Å². The van der Waals surface area contributed by atoms with Crippen LogP contribution < -0.4 is 15.8 Å². The van der Waals surface area contributed by atoms with Gasteiger partial charge in [-0.25, -0.2) is 4.98 Å². The zero-order valence-electron chi connectivity index (χ0n) is 17.5. The molecular formula is C24H19ClN4O3S. The maximum atomic E-state index is 13.1. The number of fused-ring (bicyclic) bond motifs is 1. The molecule has 1 aliphatic heterocycles. The van der Waals surface area contributed by atoms with E-state index in [0.717, 1.165) is 23.2 Å². The molecule has 166 valence electrons. The Morgan fingerprint density at radius 1 is 1.09 bits per heavy atom. The van der Waals surface area contributed by atoms with E-state index in [1.54, 1.807) is 29.2 Å². The van der Waals surface area contributed by atoms with Crippen LogP contribution in [0.2, 0.25) is 5.02 Å². The number of hydrogen-bond donors (Lipinski definition) is 1. The molecule has 9 heteroatoms. The van der Waals surface area contributed by atoms with Gasteiger partial charge in [0.2, 0.25) is 11.8 Å². The zero-order chi connectivity index (χ0) is 22.9. The number of anilines is 2. The van der Waals surface area contributed by atoms with Crippen LogP contribution in [0.15, 0.2) is 65.0 Å². The molecule has 2 amide bonds. The summed E-state index contributed by atoms with van der Waals surface area (Å²) in [5, 5.41) is 5.79. The lowest BCUT2D eigenvalue weighted by Crippen LogP contribution is -2.28. The summed E-state index contributed by atoms with van der Waals surface area (Å²) in [5.74, 6) is -0.230. The fraction of sp³-hybridized carbons (Fsp3) is 0.167. The lowest BCUT2D eigenvalue weighted by Gasteiger charge is -2.16. The first kappa shape index (κ1) is 21.4. The van der Waals surface area contributed by atoms with Crippen LogP contribution in [0.5, 0.6) is 0 Å². The Morgan fingerprint density at radius 3 is 2.55 bits per heavy atom. The van der Waals surface area contributed by atoms with Crippen molar-refractivity contribution in [1.29, 1.82) is 0 Å². The highest BCUT2D eigenvalue weighted by Crippen LogP contribution is 2.31. The van der Waals surface area contributed by atoms with Gasteiger partial charge in [-0.2, -0.15) is 0 Å². The molecule has 0 unspecified atom stereocenters. The molecule has 1 aliphatic rings. The Hall–Kier alpha value is -3.49. The number of amides is 2. The summed E-state index contributed by atoms with van der Waals surface area (Å²) < 4.78 is 1.31. The molecule has 0 atom stereocenters. The lowest BCUT2D eigenvalue weighted by atomic mass is 10.1. The Morgan fingerprint density at radius 2 is 1.85 bits per heavy atom.